The van der Waals surface area contributed by atoms with Crippen molar-refractivity contribution in [2.45, 2.75) is 207 Å². The summed E-state index contributed by atoms with van der Waals surface area (Å²) in [5.74, 6) is 0.422. The van der Waals surface area contributed by atoms with Crippen LogP contribution in [0.4, 0.5) is 0 Å². The second-order valence-electron chi connectivity index (χ2n) is 11.6. The van der Waals surface area contributed by atoms with Crippen LogP contribution >= 0.6 is 0 Å². The summed E-state index contributed by atoms with van der Waals surface area (Å²) >= 11 is 0. The van der Waals surface area contributed by atoms with Gasteiger partial charge in [-0.25, -0.2) is 0 Å². The Balaban J connectivity index is 0. The first-order chi connectivity index (χ1) is 16.6. The number of hydrogen-bond donors (Lipinski definition) is 1. The number of unbranched alkanes of at least 4 members (excludes halogenated alkanes) is 19. The van der Waals surface area contributed by atoms with Crippen molar-refractivity contribution in [1.82, 2.24) is 6.15 Å². The largest absolute Gasteiger partial charge is 0.849 e. The maximum Gasteiger partial charge on any atom is -0.0511 e. The third kappa shape index (κ3) is 22.8. The molecule has 0 amide bonds. The molecule has 0 aromatic carbocycles. The lowest BCUT2D eigenvalue weighted by Crippen LogP contribution is -2.50. The molecule has 0 bridgehead atoms. The van der Waals surface area contributed by atoms with E-state index in [1.165, 1.54) is 148 Å². The van der Waals surface area contributed by atoms with Gasteiger partial charge in [-0.15, -0.1) is 5.60 Å². The van der Waals surface area contributed by atoms with Crippen LogP contribution in [-0.2, 0) is 0 Å². The Morgan fingerprint density at radius 3 is 1.03 bits per heavy atom. The van der Waals surface area contributed by atoms with E-state index in [0.29, 0.717) is 5.92 Å². The highest BCUT2D eigenvalue weighted by Crippen LogP contribution is 2.35. The number of hydrogen-bond acceptors (Lipinski definition) is 1. The van der Waals surface area contributed by atoms with Gasteiger partial charge < -0.3 is 11.3 Å². The van der Waals surface area contributed by atoms with Crippen LogP contribution in [0.3, 0.4) is 0 Å². The quantitative estimate of drug-likeness (QED) is 0.107. The first-order valence-electron chi connectivity index (χ1n) is 16.3. The van der Waals surface area contributed by atoms with Gasteiger partial charge in [0.1, 0.15) is 0 Å². The van der Waals surface area contributed by atoms with Crippen molar-refractivity contribution in [2.75, 3.05) is 0 Å². The molecule has 0 aromatic heterocycles. The predicted octanol–water partition coefficient (Wildman–Crippen LogP) is 11.7. The molecule has 1 atom stereocenters. The number of quaternary nitrogens is 1. The molecule has 0 saturated heterocycles. The van der Waals surface area contributed by atoms with Crippen molar-refractivity contribution in [3.8, 4) is 0 Å². The topological polar surface area (TPSA) is 59.6 Å². The molecule has 0 aliphatic rings. The van der Waals surface area contributed by atoms with E-state index in [1.54, 1.807) is 0 Å². The van der Waals surface area contributed by atoms with Gasteiger partial charge in [0.2, 0.25) is 0 Å². The molecule has 0 aliphatic carbocycles. The molecule has 0 heterocycles. The fourth-order valence-electron chi connectivity index (χ4n) is 5.78. The average Bonchev–Trinajstić information content (AvgIpc) is 2.84. The van der Waals surface area contributed by atoms with Gasteiger partial charge in [-0.05, 0) is 0 Å². The van der Waals surface area contributed by atoms with Crippen LogP contribution < -0.4 is 11.3 Å². The van der Waals surface area contributed by atoms with E-state index < -0.39 is 5.60 Å². The second-order valence-corrected chi connectivity index (χ2v) is 11.6. The fraction of sp³-hybridized carbons (Fsp3) is 1.00. The molecule has 2 nitrogen and oxygen atoms in total. The Labute approximate surface area is 223 Å². The maximum absolute atomic E-state index is 14.3. The lowest BCUT2D eigenvalue weighted by atomic mass is 9.74. The molecular weight excluding hydrogens is 426 g/mol. The lowest BCUT2D eigenvalue weighted by molar-refractivity contribution is -0.498. The van der Waals surface area contributed by atoms with Crippen LogP contribution in [0, 0.1) is 5.92 Å². The van der Waals surface area contributed by atoms with Crippen LogP contribution in [0.1, 0.15) is 201 Å². The number of rotatable bonds is 28. The summed E-state index contributed by atoms with van der Waals surface area (Å²) in [5.41, 5.74) is -0.646. The summed E-state index contributed by atoms with van der Waals surface area (Å²) in [6.07, 6.45) is 34.9. The molecule has 0 aliphatic heterocycles. The summed E-state index contributed by atoms with van der Waals surface area (Å²) in [7, 11) is 0. The lowest BCUT2D eigenvalue weighted by Gasteiger charge is -2.49. The second kappa shape index (κ2) is 28.5. The van der Waals surface area contributed by atoms with Crippen molar-refractivity contribution in [2.24, 2.45) is 5.92 Å². The van der Waals surface area contributed by atoms with Crippen molar-refractivity contribution >= 4 is 0 Å². The van der Waals surface area contributed by atoms with E-state index in [2.05, 4.69) is 27.7 Å². The monoisotopic (exact) mass is 498 g/mol. The minimum atomic E-state index is -0.646. The molecule has 0 spiro atoms. The van der Waals surface area contributed by atoms with Crippen LogP contribution in [0.5, 0.6) is 0 Å². The SMILES string of the molecule is CCCCCCCCCCCCCCC(CCCCC)C([O-])(CCCCCC)CCCCCC.[NH4+]. The molecule has 4 N–H and O–H groups in total. The van der Waals surface area contributed by atoms with Gasteiger partial charge in [-0.2, -0.15) is 0 Å². The minimum absolute atomic E-state index is 0. The molecule has 214 valence electrons. The van der Waals surface area contributed by atoms with Crippen molar-refractivity contribution < 1.29 is 5.11 Å². The van der Waals surface area contributed by atoms with Gasteiger partial charge in [0.25, 0.3) is 0 Å². The van der Waals surface area contributed by atoms with Gasteiger partial charge >= 0.3 is 0 Å². The van der Waals surface area contributed by atoms with Crippen LogP contribution in [0.25, 0.3) is 0 Å². The zero-order chi connectivity index (χ0) is 25.2. The molecule has 2 heteroatoms. The molecule has 0 aromatic rings. The summed E-state index contributed by atoms with van der Waals surface area (Å²) in [6, 6.07) is 0. The Kier molecular flexibility index (Phi) is 30.2. The van der Waals surface area contributed by atoms with Crippen LogP contribution in [-0.4, -0.2) is 5.60 Å². The predicted molar refractivity (Wildman–Crippen MR) is 160 cm³/mol. The molecule has 0 radical (unpaired) electrons. The van der Waals surface area contributed by atoms with Crippen molar-refractivity contribution in [1.29, 1.82) is 0 Å². The molecule has 0 rings (SSSR count). The van der Waals surface area contributed by atoms with E-state index in [0.717, 1.165) is 25.7 Å². The zero-order valence-corrected chi connectivity index (χ0v) is 25.6. The standard InChI is InChI=1S/C33H67O.H3N/c1-5-9-13-16-17-18-19-20-21-22-23-25-29-32(28-24-12-8-4)33(34,30-26-14-10-6-2)31-27-15-11-7-3;/h32H,5-31H2,1-4H3;1H3/q-1;/p+1. The zero-order valence-electron chi connectivity index (χ0n) is 25.6. The molecule has 0 saturated carbocycles. The highest BCUT2D eigenvalue weighted by atomic mass is 16.3. The van der Waals surface area contributed by atoms with Crippen molar-refractivity contribution in [3.63, 3.8) is 0 Å². The van der Waals surface area contributed by atoms with Gasteiger partial charge in [0.15, 0.2) is 0 Å². The minimum Gasteiger partial charge on any atom is -0.849 e. The van der Waals surface area contributed by atoms with Crippen LogP contribution in [0.2, 0.25) is 0 Å². The van der Waals surface area contributed by atoms with E-state index in [-0.39, 0.29) is 6.15 Å². The third-order valence-electron chi connectivity index (χ3n) is 8.21. The highest BCUT2D eigenvalue weighted by Gasteiger charge is 2.26. The Morgan fingerprint density at radius 2 is 0.657 bits per heavy atom. The fourth-order valence-corrected chi connectivity index (χ4v) is 5.78. The third-order valence-corrected chi connectivity index (χ3v) is 8.21. The van der Waals surface area contributed by atoms with Crippen molar-refractivity contribution in [3.05, 3.63) is 0 Å². The van der Waals surface area contributed by atoms with Gasteiger partial charge in [0.05, 0.1) is 0 Å². The van der Waals surface area contributed by atoms with E-state index in [9.17, 15) is 5.11 Å². The maximum atomic E-state index is 14.3. The van der Waals surface area contributed by atoms with Gasteiger partial charge in [0, 0.05) is 0 Å². The molecule has 35 heavy (non-hydrogen) atoms. The Hall–Kier alpha value is -0.0800. The van der Waals surface area contributed by atoms with Gasteiger partial charge in [-0.1, -0.05) is 207 Å². The smallest absolute Gasteiger partial charge is 0.0511 e. The first kappa shape index (κ1) is 37.1. The summed E-state index contributed by atoms with van der Waals surface area (Å²) in [6.45, 7) is 9.14. The normalized spacial score (nSPS) is 12.6. The first-order valence-corrected chi connectivity index (χ1v) is 16.3. The molecular formula is C33H71NO. The van der Waals surface area contributed by atoms with E-state index >= 15 is 0 Å². The average molecular weight is 498 g/mol. The van der Waals surface area contributed by atoms with Crippen LogP contribution in [0.15, 0.2) is 0 Å². The summed E-state index contributed by atoms with van der Waals surface area (Å²) in [4.78, 5) is 0. The Morgan fingerprint density at radius 1 is 0.400 bits per heavy atom. The summed E-state index contributed by atoms with van der Waals surface area (Å²) in [5, 5.41) is 14.3. The summed E-state index contributed by atoms with van der Waals surface area (Å²) < 4.78 is 0. The Bertz CT molecular complexity index is 371. The molecule has 1 unspecified atom stereocenters. The highest BCUT2D eigenvalue weighted by molar-refractivity contribution is 4.85. The van der Waals surface area contributed by atoms with E-state index in [1.807, 2.05) is 0 Å². The molecule has 0 fully saturated rings. The van der Waals surface area contributed by atoms with Gasteiger partial charge in [-0.3, -0.25) is 0 Å². The van der Waals surface area contributed by atoms with E-state index in [4.69, 9.17) is 0 Å².